The summed E-state index contributed by atoms with van der Waals surface area (Å²) in [5, 5.41) is 4.45. The molecule has 4 rings (SSSR count). The SMILES string of the molecule is CCCCCCCOc1ccc(/C=c2\sc3nc(-c4ccc(OCCCC)cc4)nn3c2=O)cc1. The Balaban J connectivity index is 1.41. The summed E-state index contributed by atoms with van der Waals surface area (Å²) >= 11 is 1.34. The first-order chi connectivity index (χ1) is 17.2. The zero-order chi connectivity index (χ0) is 24.5. The number of rotatable bonds is 13. The van der Waals surface area contributed by atoms with Crippen molar-refractivity contribution in [2.24, 2.45) is 0 Å². The Morgan fingerprint density at radius 3 is 2.11 bits per heavy atom. The summed E-state index contributed by atoms with van der Waals surface area (Å²) in [6.07, 6.45) is 10.1. The largest absolute Gasteiger partial charge is 0.494 e. The van der Waals surface area contributed by atoms with Crippen LogP contribution in [0.2, 0.25) is 0 Å². The summed E-state index contributed by atoms with van der Waals surface area (Å²) < 4.78 is 13.5. The van der Waals surface area contributed by atoms with Crippen LogP contribution in [-0.2, 0) is 0 Å². The molecule has 0 N–H and O–H groups in total. The highest BCUT2D eigenvalue weighted by molar-refractivity contribution is 7.15. The molecule has 6 nitrogen and oxygen atoms in total. The summed E-state index contributed by atoms with van der Waals surface area (Å²) in [6, 6.07) is 15.5. The van der Waals surface area contributed by atoms with E-state index in [0.717, 1.165) is 48.5 Å². The van der Waals surface area contributed by atoms with Crippen LogP contribution in [0.4, 0.5) is 0 Å². The van der Waals surface area contributed by atoms with Gasteiger partial charge in [-0.15, -0.1) is 5.10 Å². The van der Waals surface area contributed by atoms with Gasteiger partial charge in [-0.1, -0.05) is 69.4 Å². The fraction of sp³-hybridized carbons (Fsp3) is 0.393. The van der Waals surface area contributed by atoms with Crippen LogP contribution >= 0.6 is 11.3 Å². The number of thiazole rings is 1. The van der Waals surface area contributed by atoms with Gasteiger partial charge in [0.05, 0.1) is 17.7 Å². The minimum atomic E-state index is -0.157. The molecule has 2 aromatic heterocycles. The summed E-state index contributed by atoms with van der Waals surface area (Å²) in [4.78, 5) is 18.1. The molecule has 0 aliphatic rings. The van der Waals surface area contributed by atoms with Gasteiger partial charge in [0.2, 0.25) is 4.96 Å². The average Bonchev–Trinajstić information content (AvgIpc) is 3.42. The van der Waals surface area contributed by atoms with Gasteiger partial charge in [0.15, 0.2) is 5.82 Å². The van der Waals surface area contributed by atoms with E-state index in [0.29, 0.717) is 21.9 Å². The van der Waals surface area contributed by atoms with E-state index in [1.807, 2.05) is 54.6 Å². The highest BCUT2D eigenvalue weighted by Gasteiger charge is 2.12. The first-order valence-corrected chi connectivity index (χ1v) is 13.4. The Morgan fingerprint density at radius 2 is 1.46 bits per heavy atom. The van der Waals surface area contributed by atoms with Gasteiger partial charge in [-0.2, -0.15) is 9.50 Å². The van der Waals surface area contributed by atoms with Crippen LogP contribution in [0.1, 0.15) is 64.4 Å². The van der Waals surface area contributed by atoms with E-state index in [-0.39, 0.29) is 5.56 Å². The standard InChI is InChI=1S/C28H33N3O3S/c1-3-5-7-8-9-19-34-23-14-10-21(11-15-23)20-25-27(32)31-28(35-25)29-26(30-31)22-12-16-24(17-13-22)33-18-6-4-2/h10-17,20H,3-9,18-19H2,1-2H3/b25-20-. The van der Waals surface area contributed by atoms with E-state index in [9.17, 15) is 4.79 Å². The molecule has 0 spiro atoms. The Morgan fingerprint density at radius 1 is 0.829 bits per heavy atom. The van der Waals surface area contributed by atoms with Crippen LogP contribution in [0.3, 0.4) is 0 Å². The first kappa shape index (κ1) is 24.9. The third-order valence-corrected chi connectivity index (χ3v) is 6.71. The molecule has 0 aliphatic heterocycles. The van der Waals surface area contributed by atoms with Crippen molar-refractivity contribution < 1.29 is 9.47 Å². The molecule has 0 atom stereocenters. The van der Waals surface area contributed by atoms with Crippen molar-refractivity contribution in [3.8, 4) is 22.9 Å². The second-order valence-electron chi connectivity index (χ2n) is 8.60. The highest BCUT2D eigenvalue weighted by Crippen LogP contribution is 2.21. The fourth-order valence-corrected chi connectivity index (χ4v) is 4.61. The number of nitrogens with zero attached hydrogens (tertiary/aromatic N) is 3. The van der Waals surface area contributed by atoms with E-state index < -0.39 is 0 Å². The van der Waals surface area contributed by atoms with E-state index in [4.69, 9.17) is 9.47 Å². The molecule has 7 heteroatoms. The zero-order valence-electron chi connectivity index (χ0n) is 20.5. The summed E-state index contributed by atoms with van der Waals surface area (Å²) in [6.45, 7) is 5.81. The van der Waals surface area contributed by atoms with Crippen LogP contribution in [0.5, 0.6) is 11.5 Å². The van der Waals surface area contributed by atoms with Crippen LogP contribution in [0.15, 0.2) is 53.3 Å². The molecule has 0 fully saturated rings. The molecule has 0 bridgehead atoms. The molecule has 0 amide bonds. The van der Waals surface area contributed by atoms with Gasteiger partial charge in [0, 0.05) is 5.56 Å². The van der Waals surface area contributed by atoms with E-state index in [1.165, 1.54) is 41.5 Å². The van der Waals surface area contributed by atoms with E-state index >= 15 is 0 Å². The van der Waals surface area contributed by atoms with Crippen molar-refractivity contribution in [2.45, 2.75) is 58.8 Å². The average molecular weight is 492 g/mol. The smallest absolute Gasteiger partial charge is 0.291 e. The van der Waals surface area contributed by atoms with Crippen molar-refractivity contribution in [3.05, 3.63) is 69.0 Å². The number of hydrogen-bond donors (Lipinski definition) is 0. The molecule has 4 aromatic rings. The lowest BCUT2D eigenvalue weighted by Gasteiger charge is -2.06. The monoisotopic (exact) mass is 491 g/mol. The third kappa shape index (κ3) is 6.69. The summed E-state index contributed by atoms with van der Waals surface area (Å²) in [5.74, 6) is 2.22. The summed E-state index contributed by atoms with van der Waals surface area (Å²) in [7, 11) is 0. The number of ether oxygens (including phenoxy) is 2. The number of aromatic nitrogens is 3. The van der Waals surface area contributed by atoms with Crippen LogP contribution in [-0.4, -0.2) is 27.8 Å². The maximum atomic E-state index is 12.9. The molecule has 184 valence electrons. The van der Waals surface area contributed by atoms with Gasteiger partial charge in [-0.25, -0.2) is 0 Å². The lowest BCUT2D eigenvalue weighted by Crippen LogP contribution is -2.23. The molecule has 2 heterocycles. The van der Waals surface area contributed by atoms with Crippen LogP contribution in [0, 0.1) is 0 Å². The number of benzene rings is 2. The Kier molecular flexibility index (Phi) is 8.90. The number of unbranched alkanes of at least 4 members (excludes halogenated alkanes) is 5. The van der Waals surface area contributed by atoms with Crippen molar-refractivity contribution >= 4 is 22.4 Å². The Hall–Kier alpha value is -3.19. The summed E-state index contributed by atoms with van der Waals surface area (Å²) in [5.41, 5.74) is 1.64. The van der Waals surface area contributed by atoms with Gasteiger partial charge in [-0.05, 0) is 60.9 Å². The van der Waals surface area contributed by atoms with Gasteiger partial charge >= 0.3 is 0 Å². The third-order valence-electron chi connectivity index (χ3n) is 5.76. The zero-order valence-corrected chi connectivity index (χ0v) is 21.4. The highest BCUT2D eigenvalue weighted by atomic mass is 32.1. The number of hydrogen-bond acceptors (Lipinski definition) is 6. The molecule has 0 radical (unpaired) electrons. The predicted octanol–water partition coefficient (Wildman–Crippen LogP) is 5.89. The lowest BCUT2D eigenvalue weighted by atomic mass is 10.2. The molecular formula is C28H33N3O3S. The van der Waals surface area contributed by atoms with Crippen molar-refractivity contribution in [1.82, 2.24) is 14.6 Å². The molecular weight excluding hydrogens is 458 g/mol. The first-order valence-electron chi connectivity index (χ1n) is 12.6. The molecule has 0 unspecified atom stereocenters. The quantitative estimate of drug-likeness (QED) is 0.218. The second kappa shape index (κ2) is 12.5. The van der Waals surface area contributed by atoms with Gasteiger partial charge in [-0.3, -0.25) is 4.79 Å². The lowest BCUT2D eigenvalue weighted by molar-refractivity contribution is 0.304. The maximum Gasteiger partial charge on any atom is 0.291 e. The predicted molar refractivity (Wildman–Crippen MR) is 142 cm³/mol. The van der Waals surface area contributed by atoms with Gasteiger partial charge in [0.1, 0.15) is 11.5 Å². The minimum Gasteiger partial charge on any atom is -0.494 e. The Bertz CT molecular complexity index is 1310. The number of fused-ring (bicyclic) bond motifs is 1. The molecule has 0 saturated heterocycles. The van der Waals surface area contributed by atoms with Crippen molar-refractivity contribution in [3.63, 3.8) is 0 Å². The topological polar surface area (TPSA) is 65.7 Å². The van der Waals surface area contributed by atoms with Crippen molar-refractivity contribution in [1.29, 1.82) is 0 Å². The van der Waals surface area contributed by atoms with Crippen LogP contribution in [0.25, 0.3) is 22.4 Å². The maximum absolute atomic E-state index is 12.9. The molecule has 0 saturated carbocycles. The van der Waals surface area contributed by atoms with Crippen molar-refractivity contribution in [2.75, 3.05) is 13.2 Å². The minimum absolute atomic E-state index is 0.157. The Labute approximate surface area is 210 Å². The molecule has 2 aromatic carbocycles. The molecule has 35 heavy (non-hydrogen) atoms. The van der Waals surface area contributed by atoms with E-state index in [2.05, 4.69) is 23.9 Å². The normalized spacial score (nSPS) is 11.9. The second-order valence-corrected chi connectivity index (χ2v) is 9.61. The molecule has 0 aliphatic carbocycles. The van der Waals surface area contributed by atoms with Crippen LogP contribution < -0.4 is 19.6 Å². The van der Waals surface area contributed by atoms with Gasteiger partial charge < -0.3 is 9.47 Å². The van der Waals surface area contributed by atoms with E-state index in [1.54, 1.807) is 0 Å². The fourth-order valence-electron chi connectivity index (χ4n) is 3.70. The van der Waals surface area contributed by atoms with Gasteiger partial charge in [0.25, 0.3) is 5.56 Å².